The van der Waals surface area contributed by atoms with Gasteiger partial charge in [-0.2, -0.15) is 5.10 Å². The van der Waals surface area contributed by atoms with Gasteiger partial charge in [0.05, 0.1) is 11.2 Å². The fraction of sp³-hybridized carbons (Fsp3) is 0.0769. The summed E-state index contributed by atoms with van der Waals surface area (Å²) in [6.07, 6.45) is 3.61. The highest BCUT2D eigenvalue weighted by molar-refractivity contribution is 5.77. The fourth-order valence-corrected chi connectivity index (χ4v) is 1.35. The molecule has 0 spiro atoms. The monoisotopic (exact) mass is 211 g/mol. The third-order valence-electron chi connectivity index (χ3n) is 2.15. The second kappa shape index (κ2) is 5.07. The molecule has 2 aromatic heterocycles. The van der Waals surface area contributed by atoms with Crippen LogP contribution in [-0.4, -0.2) is 15.2 Å². The highest BCUT2D eigenvalue weighted by atomic mass is 15.1. The van der Waals surface area contributed by atoms with Gasteiger partial charge < -0.3 is 0 Å². The van der Waals surface area contributed by atoms with Gasteiger partial charge in [-0.05, 0) is 25.1 Å². The van der Waals surface area contributed by atoms with Gasteiger partial charge in [0.1, 0.15) is 0 Å². The minimum Gasteiger partial charge on any atom is -0.285 e. The number of para-hydroxylation sites is 1. The molecule has 3 heteroatoms. The van der Waals surface area contributed by atoms with Crippen molar-refractivity contribution in [2.75, 3.05) is 0 Å². The lowest BCUT2D eigenvalue weighted by molar-refractivity contribution is 1.05. The Balaban J connectivity index is 0.000000138. The Bertz CT molecular complexity index is 478. The highest BCUT2D eigenvalue weighted by Gasteiger charge is 1.86. The summed E-state index contributed by atoms with van der Waals surface area (Å²) in [4.78, 5) is 4.18. The molecule has 0 saturated carbocycles. The van der Waals surface area contributed by atoms with Crippen LogP contribution in [0.1, 0.15) is 5.69 Å². The lowest BCUT2D eigenvalue weighted by Gasteiger charge is -1.91. The van der Waals surface area contributed by atoms with Crippen LogP contribution in [-0.2, 0) is 0 Å². The maximum absolute atomic E-state index is 4.18. The van der Waals surface area contributed by atoms with Crippen LogP contribution in [0.3, 0.4) is 0 Å². The Kier molecular flexibility index (Phi) is 3.28. The smallest absolute Gasteiger partial charge is 0.0701 e. The first kappa shape index (κ1) is 10.4. The van der Waals surface area contributed by atoms with E-state index in [1.165, 1.54) is 5.39 Å². The van der Waals surface area contributed by atoms with E-state index in [1.807, 2.05) is 43.5 Å². The van der Waals surface area contributed by atoms with E-state index in [-0.39, 0.29) is 0 Å². The Hall–Kier alpha value is -2.16. The predicted octanol–water partition coefficient (Wildman–Crippen LogP) is 2.95. The maximum atomic E-state index is 4.18. The van der Waals surface area contributed by atoms with E-state index in [4.69, 9.17) is 0 Å². The Morgan fingerprint density at radius 2 is 1.81 bits per heavy atom. The van der Waals surface area contributed by atoms with E-state index in [9.17, 15) is 0 Å². The van der Waals surface area contributed by atoms with Gasteiger partial charge in [-0.1, -0.05) is 24.3 Å². The molecule has 0 unspecified atom stereocenters. The zero-order valence-corrected chi connectivity index (χ0v) is 9.09. The molecule has 16 heavy (non-hydrogen) atoms. The number of H-pyrrole nitrogens is 1. The topological polar surface area (TPSA) is 41.6 Å². The molecule has 0 amide bonds. The largest absolute Gasteiger partial charge is 0.285 e. The van der Waals surface area contributed by atoms with Crippen LogP contribution in [0.4, 0.5) is 0 Å². The average Bonchev–Trinajstić information content (AvgIpc) is 2.81. The maximum Gasteiger partial charge on any atom is 0.0701 e. The molecule has 3 aromatic rings. The molecule has 0 aliphatic rings. The number of aromatic nitrogens is 3. The summed E-state index contributed by atoms with van der Waals surface area (Å²) in [5, 5.41) is 7.67. The quantitative estimate of drug-likeness (QED) is 0.621. The molecule has 3 rings (SSSR count). The number of hydrogen-bond acceptors (Lipinski definition) is 2. The summed E-state index contributed by atoms with van der Waals surface area (Å²) < 4.78 is 0. The molecule has 0 radical (unpaired) electrons. The first-order valence-corrected chi connectivity index (χ1v) is 5.12. The summed E-state index contributed by atoms with van der Waals surface area (Å²) in [7, 11) is 0. The number of aromatic amines is 1. The van der Waals surface area contributed by atoms with Crippen LogP contribution in [0.15, 0.2) is 54.9 Å². The normalized spacial score (nSPS) is 9.56. The number of aryl methyl sites for hydroxylation is 1. The third kappa shape index (κ3) is 2.67. The molecule has 0 aliphatic carbocycles. The van der Waals surface area contributed by atoms with Crippen molar-refractivity contribution in [1.29, 1.82) is 0 Å². The Morgan fingerprint density at radius 3 is 2.44 bits per heavy atom. The molecule has 0 bridgehead atoms. The number of rotatable bonds is 0. The molecular formula is C13H13N3. The Morgan fingerprint density at radius 1 is 1.00 bits per heavy atom. The average molecular weight is 211 g/mol. The summed E-state index contributed by atoms with van der Waals surface area (Å²) >= 11 is 0. The number of nitrogens with zero attached hydrogens (tertiary/aromatic N) is 2. The number of fused-ring (bicyclic) bond motifs is 1. The van der Waals surface area contributed by atoms with E-state index in [0.717, 1.165) is 11.2 Å². The van der Waals surface area contributed by atoms with E-state index in [2.05, 4.69) is 27.3 Å². The molecular weight excluding hydrogens is 198 g/mol. The van der Waals surface area contributed by atoms with Gasteiger partial charge in [-0.25, -0.2) is 0 Å². The van der Waals surface area contributed by atoms with Crippen LogP contribution < -0.4 is 0 Å². The van der Waals surface area contributed by atoms with Gasteiger partial charge in [-0.15, -0.1) is 0 Å². The molecule has 80 valence electrons. The van der Waals surface area contributed by atoms with Gasteiger partial charge in [0.2, 0.25) is 0 Å². The fourth-order valence-electron chi connectivity index (χ4n) is 1.35. The van der Waals surface area contributed by atoms with E-state index < -0.39 is 0 Å². The predicted molar refractivity (Wildman–Crippen MR) is 65.1 cm³/mol. The SMILES string of the molecule is Cc1cc[nH]n1.c1ccc2ncccc2c1. The second-order valence-electron chi connectivity index (χ2n) is 3.41. The molecule has 0 fully saturated rings. The van der Waals surface area contributed by atoms with Crippen molar-refractivity contribution < 1.29 is 0 Å². The van der Waals surface area contributed by atoms with Crippen LogP contribution in [0.2, 0.25) is 0 Å². The van der Waals surface area contributed by atoms with Gasteiger partial charge >= 0.3 is 0 Å². The molecule has 2 heterocycles. The van der Waals surface area contributed by atoms with Crippen LogP contribution in [0.25, 0.3) is 10.9 Å². The van der Waals surface area contributed by atoms with Gasteiger partial charge in [0.15, 0.2) is 0 Å². The van der Waals surface area contributed by atoms with Gasteiger partial charge in [-0.3, -0.25) is 10.1 Å². The van der Waals surface area contributed by atoms with Crippen molar-refractivity contribution in [3.63, 3.8) is 0 Å². The number of pyridine rings is 1. The second-order valence-corrected chi connectivity index (χ2v) is 3.41. The number of hydrogen-bond donors (Lipinski definition) is 1. The molecule has 0 saturated heterocycles. The summed E-state index contributed by atoms with van der Waals surface area (Å²) in [5.41, 5.74) is 2.10. The first-order valence-electron chi connectivity index (χ1n) is 5.12. The van der Waals surface area contributed by atoms with Crippen molar-refractivity contribution >= 4 is 10.9 Å². The van der Waals surface area contributed by atoms with Crippen molar-refractivity contribution in [2.45, 2.75) is 6.92 Å². The van der Waals surface area contributed by atoms with Crippen LogP contribution >= 0.6 is 0 Å². The molecule has 1 aromatic carbocycles. The van der Waals surface area contributed by atoms with Crippen molar-refractivity contribution in [3.8, 4) is 0 Å². The van der Waals surface area contributed by atoms with Gasteiger partial charge in [0, 0.05) is 17.8 Å². The minimum absolute atomic E-state index is 1.04. The standard InChI is InChI=1S/C9H7N.C4H6N2/c1-2-6-9-8(4-1)5-3-7-10-9;1-4-2-3-5-6-4/h1-7H;2-3H,1H3,(H,5,6). The summed E-state index contributed by atoms with van der Waals surface area (Å²) in [6.45, 7) is 1.94. The van der Waals surface area contributed by atoms with Crippen LogP contribution in [0, 0.1) is 6.92 Å². The van der Waals surface area contributed by atoms with E-state index in [0.29, 0.717) is 0 Å². The highest BCUT2D eigenvalue weighted by Crippen LogP contribution is 2.07. The zero-order valence-electron chi connectivity index (χ0n) is 9.09. The van der Waals surface area contributed by atoms with E-state index >= 15 is 0 Å². The molecule has 0 aliphatic heterocycles. The third-order valence-corrected chi connectivity index (χ3v) is 2.15. The van der Waals surface area contributed by atoms with Crippen molar-refractivity contribution in [1.82, 2.24) is 15.2 Å². The lowest BCUT2D eigenvalue weighted by atomic mass is 10.2. The minimum atomic E-state index is 1.04. The first-order chi connectivity index (χ1) is 7.86. The van der Waals surface area contributed by atoms with Crippen molar-refractivity contribution in [2.24, 2.45) is 0 Å². The molecule has 1 N–H and O–H groups in total. The molecule has 3 nitrogen and oxygen atoms in total. The zero-order chi connectivity index (χ0) is 11.2. The summed E-state index contributed by atoms with van der Waals surface area (Å²) in [6, 6.07) is 14.0. The van der Waals surface area contributed by atoms with Gasteiger partial charge in [0.25, 0.3) is 0 Å². The number of nitrogens with one attached hydrogen (secondary N) is 1. The number of benzene rings is 1. The molecule has 0 atom stereocenters. The Labute approximate surface area is 94.2 Å². The summed E-state index contributed by atoms with van der Waals surface area (Å²) in [5.74, 6) is 0. The van der Waals surface area contributed by atoms with Crippen molar-refractivity contribution in [3.05, 3.63) is 60.6 Å². The lowest BCUT2D eigenvalue weighted by Crippen LogP contribution is -1.73. The van der Waals surface area contributed by atoms with Crippen LogP contribution in [0.5, 0.6) is 0 Å². The van der Waals surface area contributed by atoms with E-state index in [1.54, 1.807) is 6.20 Å².